The lowest BCUT2D eigenvalue weighted by molar-refractivity contribution is 0.0688. The minimum absolute atomic E-state index is 0.0609. The molecule has 5 nitrogen and oxygen atoms in total. The molecule has 3 N–H and O–H groups in total. The fraction of sp³-hybridized carbons (Fsp3) is 0.375. The van der Waals surface area contributed by atoms with Crippen LogP contribution in [0.5, 0.6) is 0 Å². The summed E-state index contributed by atoms with van der Waals surface area (Å²) in [6, 6.07) is 0. The van der Waals surface area contributed by atoms with Crippen LogP contribution in [0.25, 0.3) is 0 Å². The highest BCUT2D eigenvalue weighted by Crippen LogP contribution is 2.25. The maximum atomic E-state index is 10.8. The van der Waals surface area contributed by atoms with Crippen LogP contribution < -0.4 is 5.73 Å². The zero-order valence-corrected chi connectivity index (χ0v) is 8.54. The van der Waals surface area contributed by atoms with Crippen molar-refractivity contribution in [1.82, 2.24) is 9.97 Å². The average Bonchev–Trinajstić information content (AvgIpc) is 2.01. The van der Waals surface area contributed by atoms with Crippen molar-refractivity contribution in [3.05, 3.63) is 16.4 Å². The maximum Gasteiger partial charge on any atom is 0.355 e. The molecule has 0 saturated carbocycles. The van der Waals surface area contributed by atoms with Gasteiger partial charge in [-0.15, -0.1) is 0 Å². The molecule has 14 heavy (non-hydrogen) atoms. The summed E-state index contributed by atoms with van der Waals surface area (Å²) in [4.78, 5) is 18.2. The van der Waals surface area contributed by atoms with E-state index < -0.39 is 5.97 Å². The Hall–Kier alpha value is -1.36. The Labute approximate surface area is 85.9 Å². The van der Waals surface area contributed by atoms with Crippen molar-refractivity contribution in [2.75, 3.05) is 5.73 Å². The molecule has 0 aromatic carbocycles. The van der Waals surface area contributed by atoms with Gasteiger partial charge in [0.25, 0.3) is 0 Å². The zero-order valence-electron chi connectivity index (χ0n) is 7.78. The van der Waals surface area contributed by atoms with Gasteiger partial charge in [-0.05, 0) is 5.92 Å². The molecule has 0 aliphatic rings. The fourth-order valence-electron chi connectivity index (χ4n) is 1.13. The largest absolute Gasteiger partial charge is 0.476 e. The van der Waals surface area contributed by atoms with Gasteiger partial charge < -0.3 is 10.8 Å². The molecule has 0 atom stereocenters. The zero-order chi connectivity index (χ0) is 10.9. The number of rotatable bonds is 2. The van der Waals surface area contributed by atoms with E-state index in [0.29, 0.717) is 5.56 Å². The minimum Gasteiger partial charge on any atom is -0.476 e. The van der Waals surface area contributed by atoms with Crippen LogP contribution in [0, 0.1) is 0 Å². The summed E-state index contributed by atoms with van der Waals surface area (Å²) in [6.07, 6.45) is 0. The average molecular weight is 216 g/mol. The highest BCUT2D eigenvalue weighted by Gasteiger charge is 2.19. The number of aromatic nitrogens is 2. The van der Waals surface area contributed by atoms with Crippen molar-refractivity contribution in [3.8, 4) is 0 Å². The third-order valence-electron chi connectivity index (χ3n) is 1.70. The molecule has 0 saturated heterocycles. The Morgan fingerprint density at radius 2 is 2.07 bits per heavy atom. The lowest BCUT2D eigenvalue weighted by atomic mass is 10.0. The Bertz CT molecular complexity index is 379. The first-order chi connectivity index (χ1) is 6.43. The predicted molar refractivity (Wildman–Crippen MR) is 52.5 cm³/mol. The Balaban J connectivity index is 3.44. The molecule has 76 valence electrons. The van der Waals surface area contributed by atoms with E-state index in [-0.39, 0.29) is 22.7 Å². The third kappa shape index (κ3) is 1.93. The van der Waals surface area contributed by atoms with Crippen LogP contribution in [0.2, 0.25) is 5.15 Å². The van der Waals surface area contributed by atoms with E-state index in [9.17, 15) is 4.79 Å². The molecular formula is C8H10ClN3O2. The molecule has 0 amide bonds. The molecule has 0 unspecified atom stereocenters. The second-order valence-electron chi connectivity index (χ2n) is 3.09. The monoisotopic (exact) mass is 215 g/mol. The molecule has 0 fully saturated rings. The number of nitrogen functional groups attached to an aromatic ring is 1. The van der Waals surface area contributed by atoms with Gasteiger partial charge in [0.05, 0.1) is 0 Å². The predicted octanol–water partition coefficient (Wildman–Crippen LogP) is 1.53. The van der Waals surface area contributed by atoms with Gasteiger partial charge in [0, 0.05) is 5.56 Å². The summed E-state index contributed by atoms with van der Waals surface area (Å²) in [6.45, 7) is 3.63. The molecule has 0 bridgehead atoms. The number of hydrogen-bond acceptors (Lipinski definition) is 4. The highest BCUT2D eigenvalue weighted by molar-refractivity contribution is 6.30. The summed E-state index contributed by atoms with van der Waals surface area (Å²) in [7, 11) is 0. The molecule has 0 spiro atoms. The SMILES string of the molecule is CC(C)c1c(Cl)nc(N)nc1C(=O)O. The number of aromatic carboxylic acids is 1. The van der Waals surface area contributed by atoms with Crippen molar-refractivity contribution in [3.63, 3.8) is 0 Å². The van der Waals surface area contributed by atoms with E-state index >= 15 is 0 Å². The van der Waals surface area contributed by atoms with E-state index in [1.165, 1.54) is 0 Å². The smallest absolute Gasteiger partial charge is 0.355 e. The van der Waals surface area contributed by atoms with Crippen molar-refractivity contribution < 1.29 is 9.90 Å². The Morgan fingerprint density at radius 3 is 2.50 bits per heavy atom. The molecule has 0 aliphatic carbocycles. The van der Waals surface area contributed by atoms with E-state index in [1.54, 1.807) is 0 Å². The molecular weight excluding hydrogens is 206 g/mol. The summed E-state index contributed by atoms with van der Waals surface area (Å²) in [5, 5.41) is 8.96. The number of anilines is 1. The van der Waals surface area contributed by atoms with Crippen molar-refractivity contribution in [2.45, 2.75) is 19.8 Å². The minimum atomic E-state index is -1.15. The van der Waals surface area contributed by atoms with Crippen LogP contribution in [0.1, 0.15) is 35.8 Å². The first-order valence-corrected chi connectivity index (χ1v) is 4.37. The summed E-state index contributed by atoms with van der Waals surface area (Å²) < 4.78 is 0. The summed E-state index contributed by atoms with van der Waals surface area (Å²) in [5.74, 6) is -1.34. The van der Waals surface area contributed by atoms with Gasteiger partial charge in [-0.3, -0.25) is 0 Å². The van der Waals surface area contributed by atoms with Crippen LogP contribution in [0.3, 0.4) is 0 Å². The molecule has 0 aliphatic heterocycles. The number of carboxylic acid groups (broad SMARTS) is 1. The molecule has 0 radical (unpaired) electrons. The lowest BCUT2D eigenvalue weighted by Crippen LogP contribution is -2.11. The van der Waals surface area contributed by atoms with Gasteiger partial charge in [-0.25, -0.2) is 14.8 Å². The topological polar surface area (TPSA) is 89.1 Å². The summed E-state index contributed by atoms with van der Waals surface area (Å²) >= 11 is 5.78. The number of carbonyl (C=O) groups is 1. The van der Waals surface area contributed by atoms with Crippen LogP contribution in [-0.2, 0) is 0 Å². The number of carboxylic acids is 1. The van der Waals surface area contributed by atoms with E-state index in [2.05, 4.69) is 9.97 Å². The van der Waals surface area contributed by atoms with Crippen LogP contribution in [0.15, 0.2) is 0 Å². The second kappa shape index (κ2) is 3.79. The van der Waals surface area contributed by atoms with Crippen molar-refractivity contribution in [1.29, 1.82) is 0 Å². The first-order valence-electron chi connectivity index (χ1n) is 3.99. The third-order valence-corrected chi connectivity index (χ3v) is 1.98. The van der Waals surface area contributed by atoms with Gasteiger partial charge in [0.15, 0.2) is 5.69 Å². The second-order valence-corrected chi connectivity index (χ2v) is 3.45. The molecule has 1 aromatic rings. The first kappa shape index (κ1) is 10.7. The van der Waals surface area contributed by atoms with Gasteiger partial charge in [0.1, 0.15) is 5.15 Å². The van der Waals surface area contributed by atoms with Gasteiger partial charge in [0.2, 0.25) is 5.95 Å². The van der Waals surface area contributed by atoms with Crippen molar-refractivity contribution >= 4 is 23.5 Å². The molecule has 1 rings (SSSR count). The van der Waals surface area contributed by atoms with E-state index in [4.69, 9.17) is 22.4 Å². The van der Waals surface area contributed by atoms with Crippen LogP contribution in [0.4, 0.5) is 5.95 Å². The van der Waals surface area contributed by atoms with Crippen molar-refractivity contribution in [2.24, 2.45) is 0 Å². The maximum absolute atomic E-state index is 10.8. The number of hydrogen-bond donors (Lipinski definition) is 2. The number of nitrogens with zero attached hydrogens (tertiary/aromatic N) is 2. The van der Waals surface area contributed by atoms with Crippen LogP contribution in [-0.4, -0.2) is 21.0 Å². The Kier molecular flexibility index (Phi) is 2.90. The normalized spacial score (nSPS) is 10.6. The lowest BCUT2D eigenvalue weighted by Gasteiger charge is -2.10. The van der Waals surface area contributed by atoms with E-state index in [0.717, 1.165) is 0 Å². The molecule has 1 heterocycles. The van der Waals surface area contributed by atoms with Crippen LogP contribution >= 0.6 is 11.6 Å². The number of nitrogens with two attached hydrogens (primary N) is 1. The molecule has 1 aromatic heterocycles. The quantitative estimate of drug-likeness (QED) is 0.731. The van der Waals surface area contributed by atoms with Gasteiger partial charge in [-0.2, -0.15) is 0 Å². The summed E-state index contributed by atoms with van der Waals surface area (Å²) in [5.41, 5.74) is 5.58. The van der Waals surface area contributed by atoms with Gasteiger partial charge >= 0.3 is 5.97 Å². The van der Waals surface area contributed by atoms with Gasteiger partial charge in [-0.1, -0.05) is 25.4 Å². The van der Waals surface area contributed by atoms with E-state index in [1.807, 2.05) is 13.8 Å². The highest BCUT2D eigenvalue weighted by atomic mass is 35.5. The fourth-order valence-corrected chi connectivity index (χ4v) is 1.53. The standard InChI is InChI=1S/C8H10ClN3O2/c1-3(2)4-5(7(13)14)11-8(10)12-6(4)9/h3H,1-2H3,(H,13,14)(H2,10,11,12). The number of halogens is 1. The molecule has 6 heteroatoms. The Morgan fingerprint density at radius 1 is 1.50 bits per heavy atom.